The van der Waals surface area contributed by atoms with Crippen LogP contribution in [-0.2, 0) is 6.42 Å². The largest absolute Gasteiger partial charge is 0.356 e. The van der Waals surface area contributed by atoms with Crippen LogP contribution in [0.4, 0.5) is 5.13 Å². The second kappa shape index (κ2) is 7.63. The average molecular weight is 319 g/mol. The van der Waals surface area contributed by atoms with Gasteiger partial charge in [0.2, 0.25) is 0 Å². The van der Waals surface area contributed by atoms with Gasteiger partial charge in [0.05, 0.1) is 5.69 Å². The van der Waals surface area contributed by atoms with Crippen molar-refractivity contribution < 1.29 is 0 Å². The summed E-state index contributed by atoms with van der Waals surface area (Å²) in [5, 5.41) is 10.2. The van der Waals surface area contributed by atoms with Crippen LogP contribution in [0.15, 0.2) is 22.5 Å². The quantitative estimate of drug-likeness (QED) is 0.496. The van der Waals surface area contributed by atoms with Crippen molar-refractivity contribution in [3.63, 3.8) is 0 Å². The van der Waals surface area contributed by atoms with Crippen molar-refractivity contribution in [1.29, 1.82) is 0 Å². The first-order valence-corrected chi connectivity index (χ1v) is 9.04. The zero-order valence-corrected chi connectivity index (χ0v) is 14.0. The predicted octanol–water partition coefficient (Wildman–Crippen LogP) is 2.17. The Balaban J connectivity index is 1.41. The van der Waals surface area contributed by atoms with E-state index in [0.717, 1.165) is 44.9 Å². The van der Waals surface area contributed by atoms with Crippen LogP contribution in [-0.4, -0.2) is 43.7 Å². The number of nitrogens with one attached hydrogen (secondary N) is 2. The van der Waals surface area contributed by atoms with E-state index in [2.05, 4.69) is 38.1 Å². The van der Waals surface area contributed by atoms with Crippen molar-refractivity contribution in [3.8, 4) is 0 Å². The van der Waals surface area contributed by atoms with Gasteiger partial charge in [0.1, 0.15) is 0 Å². The van der Waals surface area contributed by atoms with Gasteiger partial charge in [-0.1, -0.05) is 12.2 Å². The van der Waals surface area contributed by atoms with Gasteiger partial charge < -0.3 is 15.5 Å². The Labute approximate surface area is 136 Å². The number of aromatic nitrogens is 1. The molecule has 1 fully saturated rings. The molecule has 1 saturated heterocycles. The maximum Gasteiger partial charge on any atom is 0.191 e. The minimum absolute atomic E-state index is 0.493. The van der Waals surface area contributed by atoms with Crippen molar-refractivity contribution in [1.82, 2.24) is 15.6 Å². The molecule has 0 unspecified atom stereocenters. The maximum atomic E-state index is 4.75. The van der Waals surface area contributed by atoms with E-state index in [-0.39, 0.29) is 0 Å². The molecular weight excluding hydrogens is 294 g/mol. The van der Waals surface area contributed by atoms with E-state index in [1.807, 2.05) is 7.05 Å². The number of rotatable bonds is 5. The normalized spacial score (nSPS) is 19.1. The molecular formula is C16H25N5S. The summed E-state index contributed by atoms with van der Waals surface area (Å²) in [6, 6.07) is 0.493. The molecule has 6 heteroatoms. The minimum Gasteiger partial charge on any atom is -0.356 e. The van der Waals surface area contributed by atoms with Crippen molar-refractivity contribution in [2.45, 2.75) is 38.1 Å². The molecule has 0 atom stereocenters. The van der Waals surface area contributed by atoms with E-state index in [1.54, 1.807) is 11.3 Å². The highest BCUT2D eigenvalue weighted by Gasteiger charge is 2.15. The monoisotopic (exact) mass is 319 g/mol. The second-order valence-electron chi connectivity index (χ2n) is 5.85. The zero-order valence-electron chi connectivity index (χ0n) is 13.2. The first kappa shape index (κ1) is 15.3. The molecule has 0 spiro atoms. The van der Waals surface area contributed by atoms with Crippen LogP contribution in [0.3, 0.4) is 0 Å². The van der Waals surface area contributed by atoms with Crippen molar-refractivity contribution in [2.24, 2.45) is 4.99 Å². The summed E-state index contributed by atoms with van der Waals surface area (Å²) in [5.41, 5.74) is 1.18. The summed E-state index contributed by atoms with van der Waals surface area (Å²) in [5.74, 6) is 0.892. The Morgan fingerprint density at radius 2 is 2.14 bits per heavy atom. The number of hydrogen-bond donors (Lipinski definition) is 2. The van der Waals surface area contributed by atoms with Crippen LogP contribution in [0.25, 0.3) is 0 Å². The van der Waals surface area contributed by atoms with Crippen LogP contribution in [0.1, 0.15) is 31.4 Å². The van der Waals surface area contributed by atoms with E-state index in [0.29, 0.717) is 6.04 Å². The van der Waals surface area contributed by atoms with Crippen LogP contribution in [0.5, 0.6) is 0 Å². The molecule has 0 aromatic carbocycles. The maximum absolute atomic E-state index is 4.75. The molecule has 1 aromatic heterocycles. The zero-order chi connectivity index (χ0) is 15.2. The fourth-order valence-electron chi connectivity index (χ4n) is 2.90. The average Bonchev–Trinajstić information content (AvgIpc) is 3.27. The Kier molecular flexibility index (Phi) is 5.32. The smallest absolute Gasteiger partial charge is 0.191 e. The lowest BCUT2D eigenvalue weighted by molar-refractivity contribution is 0.632. The number of thiazole rings is 1. The fourth-order valence-corrected chi connectivity index (χ4v) is 3.81. The van der Waals surface area contributed by atoms with E-state index in [4.69, 9.17) is 4.98 Å². The molecule has 2 N–H and O–H groups in total. The number of anilines is 1. The fraction of sp³-hybridized carbons (Fsp3) is 0.625. The summed E-state index contributed by atoms with van der Waals surface area (Å²) in [4.78, 5) is 11.4. The SMILES string of the molecule is CN=C(NCCc1csc(N2CCCC2)n1)NC1CC=CC1. The van der Waals surface area contributed by atoms with Gasteiger partial charge in [-0.3, -0.25) is 4.99 Å². The van der Waals surface area contributed by atoms with Crippen molar-refractivity contribution >= 4 is 22.4 Å². The van der Waals surface area contributed by atoms with E-state index < -0.39 is 0 Å². The molecule has 0 amide bonds. The second-order valence-corrected chi connectivity index (χ2v) is 6.69. The minimum atomic E-state index is 0.493. The Bertz CT molecular complexity index is 522. The number of hydrogen-bond acceptors (Lipinski definition) is 4. The lowest BCUT2D eigenvalue weighted by Crippen LogP contribution is -2.43. The van der Waals surface area contributed by atoms with Crippen molar-refractivity contribution in [3.05, 3.63) is 23.2 Å². The summed E-state index contributed by atoms with van der Waals surface area (Å²) in [7, 11) is 1.83. The molecule has 0 saturated carbocycles. The molecule has 0 bridgehead atoms. The molecule has 2 heterocycles. The summed E-state index contributed by atoms with van der Waals surface area (Å²) in [6.45, 7) is 3.19. The number of aliphatic imine (C=N–C) groups is 1. The lowest BCUT2D eigenvalue weighted by Gasteiger charge is -2.16. The molecule has 5 nitrogen and oxygen atoms in total. The highest BCUT2D eigenvalue weighted by molar-refractivity contribution is 7.13. The topological polar surface area (TPSA) is 52.6 Å². The van der Waals surface area contributed by atoms with Gasteiger partial charge in [0.25, 0.3) is 0 Å². The third kappa shape index (κ3) is 4.00. The van der Waals surface area contributed by atoms with E-state index >= 15 is 0 Å². The number of guanidine groups is 1. The van der Waals surface area contributed by atoms with Gasteiger partial charge in [0, 0.05) is 44.5 Å². The summed E-state index contributed by atoms with van der Waals surface area (Å²) >= 11 is 1.77. The Morgan fingerprint density at radius 3 is 2.86 bits per heavy atom. The first-order valence-electron chi connectivity index (χ1n) is 8.16. The molecule has 3 rings (SSSR count). The van der Waals surface area contributed by atoms with Crippen molar-refractivity contribution in [2.75, 3.05) is 31.6 Å². The third-order valence-corrected chi connectivity index (χ3v) is 5.11. The van der Waals surface area contributed by atoms with Gasteiger partial charge in [-0.05, 0) is 25.7 Å². The van der Waals surface area contributed by atoms with Gasteiger partial charge in [-0.2, -0.15) is 0 Å². The molecule has 120 valence electrons. The van der Waals surface area contributed by atoms with E-state index in [9.17, 15) is 0 Å². The van der Waals surface area contributed by atoms with Gasteiger partial charge in [-0.15, -0.1) is 11.3 Å². The molecule has 1 aromatic rings. The molecule has 1 aliphatic carbocycles. The molecule has 2 aliphatic rings. The van der Waals surface area contributed by atoms with Gasteiger partial charge >= 0.3 is 0 Å². The third-order valence-electron chi connectivity index (χ3n) is 4.16. The van der Waals surface area contributed by atoms with Gasteiger partial charge in [0.15, 0.2) is 11.1 Å². The highest BCUT2D eigenvalue weighted by atomic mass is 32.1. The highest BCUT2D eigenvalue weighted by Crippen LogP contribution is 2.24. The summed E-state index contributed by atoms with van der Waals surface area (Å²) in [6.07, 6.45) is 10.2. The van der Waals surface area contributed by atoms with E-state index in [1.165, 1.54) is 23.7 Å². The summed E-state index contributed by atoms with van der Waals surface area (Å²) < 4.78 is 0. The lowest BCUT2D eigenvalue weighted by atomic mass is 10.2. The van der Waals surface area contributed by atoms with Gasteiger partial charge in [-0.25, -0.2) is 4.98 Å². The predicted molar refractivity (Wildman–Crippen MR) is 93.9 cm³/mol. The van der Waals surface area contributed by atoms with Crippen LogP contribution in [0, 0.1) is 0 Å². The standard InChI is InChI=1S/C16H25N5S/c1-17-15(19-13-6-2-3-7-13)18-9-8-14-12-22-16(20-14)21-10-4-5-11-21/h2-3,12-13H,4-11H2,1H3,(H2,17,18,19). The van der Waals surface area contributed by atoms with Crippen LogP contribution < -0.4 is 15.5 Å². The number of nitrogens with zero attached hydrogens (tertiary/aromatic N) is 3. The first-order chi connectivity index (χ1) is 10.8. The molecule has 22 heavy (non-hydrogen) atoms. The Hall–Kier alpha value is -1.56. The molecule has 0 radical (unpaired) electrons. The van der Waals surface area contributed by atoms with Crippen LogP contribution in [0.2, 0.25) is 0 Å². The Morgan fingerprint density at radius 1 is 1.36 bits per heavy atom. The van der Waals surface area contributed by atoms with Crippen LogP contribution >= 0.6 is 11.3 Å². The molecule has 1 aliphatic heterocycles.